The second-order valence-corrected chi connectivity index (χ2v) is 7.12. The molecule has 74 valence electrons. The molecule has 13 heavy (non-hydrogen) atoms. The topological polar surface area (TPSA) is 34.1 Å². The average molecular weight is 239 g/mol. The number of hydrogen-bond donors (Lipinski definition) is 0. The molecule has 0 unspecified atom stereocenters. The van der Waals surface area contributed by atoms with E-state index in [2.05, 4.69) is 0 Å². The maximum Gasteiger partial charge on any atom is 0.184 e. The Morgan fingerprint density at radius 3 is 2.23 bits per heavy atom. The number of thiophene rings is 1. The minimum atomic E-state index is -3.10. The zero-order valence-electron chi connectivity index (χ0n) is 7.67. The van der Waals surface area contributed by atoms with Gasteiger partial charge in [0.25, 0.3) is 0 Å². The lowest BCUT2D eigenvalue weighted by atomic mass is 10.1. The van der Waals surface area contributed by atoms with Crippen LogP contribution in [0.25, 0.3) is 0 Å². The van der Waals surface area contributed by atoms with Crippen LogP contribution in [0.4, 0.5) is 0 Å². The summed E-state index contributed by atoms with van der Waals surface area (Å²) in [5, 5.41) is 0. The third-order valence-corrected chi connectivity index (χ3v) is 4.87. The van der Waals surface area contributed by atoms with Gasteiger partial charge < -0.3 is 0 Å². The van der Waals surface area contributed by atoms with E-state index in [1.54, 1.807) is 6.07 Å². The molecule has 1 aromatic heterocycles. The number of rotatable bonds is 2. The highest BCUT2D eigenvalue weighted by atomic mass is 35.5. The van der Waals surface area contributed by atoms with Crippen molar-refractivity contribution in [1.82, 2.24) is 0 Å². The van der Waals surface area contributed by atoms with Crippen molar-refractivity contribution in [3.05, 3.63) is 16.0 Å². The van der Waals surface area contributed by atoms with Gasteiger partial charge in [-0.1, -0.05) is 25.4 Å². The second-order valence-electron chi connectivity index (χ2n) is 3.22. The fraction of sp³-hybridized carbons (Fsp3) is 0.500. The summed E-state index contributed by atoms with van der Waals surface area (Å²) in [6.45, 7) is 3.97. The second kappa shape index (κ2) is 3.59. The van der Waals surface area contributed by atoms with E-state index in [9.17, 15) is 8.42 Å². The Kier molecular flexibility index (Phi) is 3.05. The SMILES string of the molecule is CC(C)c1cc(S(C)(=O)=O)sc1Cl. The Bertz CT molecular complexity index is 404. The summed E-state index contributed by atoms with van der Waals surface area (Å²) >= 11 is 7.03. The summed E-state index contributed by atoms with van der Waals surface area (Å²) in [6, 6.07) is 1.66. The monoisotopic (exact) mass is 238 g/mol. The number of halogens is 1. The van der Waals surface area contributed by atoms with Crippen molar-refractivity contribution in [2.24, 2.45) is 0 Å². The van der Waals surface area contributed by atoms with Gasteiger partial charge >= 0.3 is 0 Å². The van der Waals surface area contributed by atoms with Gasteiger partial charge in [0.05, 0.1) is 4.34 Å². The standard InChI is InChI=1S/C8H11ClO2S2/c1-5(2)6-4-7(12-8(6)9)13(3,10)11/h4-5H,1-3H3. The van der Waals surface area contributed by atoms with E-state index < -0.39 is 9.84 Å². The molecule has 0 aliphatic carbocycles. The molecule has 0 radical (unpaired) electrons. The number of hydrogen-bond acceptors (Lipinski definition) is 3. The van der Waals surface area contributed by atoms with Crippen LogP contribution in [0, 0.1) is 0 Å². The van der Waals surface area contributed by atoms with Crippen molar-refractivity contribution in [3.63, 3.8) is 0 Å². The quantitative estimate of drug-likeness (QED) is 0.794. The van der Waals surface area contributed by atoms with Gasteiger partial charge in [0, 0.05) is 6.26 Å². The molecule has 1 rings (SSSR count). The summed E-state index contributed by atoms with van der Waals surface area (Å²) in [4.78, 5) is 0. The first-order chi connectivity index (χ1) is 5.82. The van der Waals surface area contributed by atoms with Crippen LogP contribution in [0.3, 0.4) is 0 Å². The highest BCUT2D eigenvalue weighted by Crippen LogP contribution is 2.34. The largest absolute Gasteiger partial charge is 0.223 e. The Morgan fingerprint density at radius 2 is 2.00 bits per heavy atom. The van der Waals surface area contributed by atoms with Crippen LogP contribution >= 0.6 is 22.9 Å². The highest BCUT2D eigenvalue weighted by molar-refractivity contribution is 7.92. The van der Waals surface area contributed by atoms with E-state index in [0.29, 0.717) is 8.55 Å². The molecule has 0 saturated heterocycles. The van der Waals surface area contributed by atoms with E-state index in [1.165, 1.54) is 6.26 Å². The fourth-order valence-corrected chi connectivity index (χ4v) is 3.57. The molecule has 0 aliphatic heterocycles. The Labute approximate surface area is 87.5 Å². The minimum absolute atomic E-state index is 0.263. The minimum Gasteiger partial charge on any atom is -0.223 e. The van der Waals surface area contributed by atoms with Crippen molar-refractivity contribution in [3.8, 4) is 0 Å². The van der Waals surface area contributed by atoms with E-state index >= 15 is 0 Å². The summed E-state index contributed by atoms with van der Waals surface area (Å²) < 4.78 is 23.3. The molecular weight excluding hydrogens is 228 g/mol. The molecule has 0 amide bonds. The summed E-state index contributed by atoms with van der Waals surface area (Å²) in [5.41, 5.74) is 0.909. The predicted molar refractivity (Wildman–Crippen MR) is 56.5 cm³/mol. The predicted octanol–water partition coefficient (Wildman–Crippen LogP) is 2.93. The summed E-state index contributed by atoms with van der Waals surface area (Å²) in [5.74, 6) is 0.263. The lowest BCUT2D eigenvalue weighted by molar-refractivity contribution is 0.603. The van der Waals surface area contributed by atoms with E-state index in [-0.39, 0.29) is 5.92 Å². The first-order valence-corrected chi connectivity index (χ1v) is 6.90. The third-order valence-electron chi connectivity index (χ3n) is 1.68. The van der Waals surface area contributed by atoms with E-state index in [4.69, 9.17) is 11.6 Å². The molecule has 0 spiro atoms. The number of sulfone groups is 1. The third kappa shape index (κ3) is 2.45. The van der Waals surface area contributed by atoms with Crippen LogP contribution < -0.4 is 0 Å². The van der Waals surface area contributed by atoms with Crippen molar-refractivity contribution in [2.75, 3.05) is 6.26 Å². The van der Waals surface area contributed by atoms with Gasteiger partial charge in [0.15, 0.2) is 9.84 Å². The summed E-state index contributed by atoms with van der Waals surface area (Å²) in [6.07, 6.45) is 1.19. The van der Waals surface area contributed by atoms with E-state index in [0.717, 1.165) is 16.9 Å². The molecule has 1 heterocycles. The van der Waals surface area contributed by atoms with Gasteiger partial charge in [-0.05, 0) is 17.5 Å². The molecule has 1 aromatic rings. The lowest BCUT2D eigenvalue weighted by Crippen LogP contribution is -1.92. The average Bonchev–Trinajstić information content (AvgIpc) is 2.29. The lowest BCUT2D eigenvalue weighted by Gasteiger charge is -1.99. The first-order valence-electron chi connectivity index (χ1n) is 3.81. The van der Waals surface area contributed by atoms with Crippen LogP contribution in [0.15, 0.2) is 10.3 Å². The van der Waals surface area contributed by atoms with Gasteiger partial charge in [-0.3, -0.25) is 0 Å². The van der Waals surface area contributed by atoms with Crippen LogP contribution in [0.2, 0.25) is 4.34 Å². The highest BCUT2D eigenvalue weighted by Gasteiger charge is 2.16. The van der Waals surface area contributed by atoms with Crippen molar-refractivity contribution < 1.29 is 8.42 Å². The first kappa shape index (κ1) is 11.0. The van der Waals surface area contributed by atoms with Crippen molar-refractivity contribution >= 4 is 32.8 Å². The maximum atomic E-state index is 11.2. The zero-order valence-corrected chi connectivity index (χ0v) is 10.1. The van der Waals surface area contributed by atoms with Crippen LogP contribution in [0.1, 0.15) is 25.3 Å². The van der Waals surface area contributed by atoms with Gasteiger partial charge in [0.1, 0.15) is 4.21 Å². The smallest absolute Gasteiger partial charge is 0.184 e. The van der Waals surface area contributed by atoms with Gasteiger partial charge in [0.2, 0.25) is 0 Å². The van der Waals surface area contributed by atoms with Crippen LogP contribution in [-0.4, -0.2) is 14.7 Å². The van der Waals surface area contributed by atoms with Crippen molar-refractivity contribution in [1.29, 1.82) is 0 Å². The Balaban J connectivity index is 3.25. The molecule has 0 N–H and O–H groups in total. The van der Waals surface area contributed by atoms with Gasteiger partial charge in [-0.2, -0.15) is 0 Å². The Morgan fingerprint density at radius 1 is 1.46 bits per heavy atom. The molecule has 5 heteroatoms. The molecule has 0 fully saturated rings. The van der Waals surface area contributed by atoms with Gasteiger partial charge in [-0.25, -0.2) is 8.42 Å². The molecule has 0 aliphatic rings. The maximum absolute atomic E-state index is 11.2. The molecule has 0 aromatic carbocycles. The van der Waals surface area contributed by atoms with Crippen LogP contribution in [0.5, 0.6) is 0 Å². The van der Waals surface area contributed by atoms with Gasteiger partial charge in [-0.15, -0.1) is 11.3 Å². The van der Waals surface area contributed by atoms with Crippen LogP contribution in [-0.2, 0) is 9.84 Å². The summed E-state index contributed by atoms with van der Waals surface area (Å²) in [7, 11) is -3.10. The molecule has 0 bridgehead atoms. The fourth-order valence-electron chi connectivity index (χ4n) is 0.937. The van der Waals surface area contributed by atoms with E-state index in [1.807, 2.05) is 13.8 Å². The Hall–Kier alpha value is -0.0600. The van der Waals surface area contributed by atoms with Crippen molar-refractivity contribution in [2.45, 2.75) is 24.0 Å². The molecule has 2 nitrogen and oxygen atoms in total. The zero-order chi connectivity index (χ0) is 10.2. The molecule has 0 atom stereocenters. The molecular formula is C8H11ClO2S2. The molecule has 0 saturated carbocycles. The normalized spacial score (nSPS) is 12.4.